The summed E-state index contributed by atoms with van der Waals surface area (Å²) in [5.74, 6) is -1.57. The first-order chi connectivity index (χ1) is 12.3. The molecule has 0 radical (unpaired) electrons. The van der Waals surface area contributed by atoms with Crippen LogP contribution in [0, 0.1) is 5.92 Å². The molecular weight excluding hydrogens is 352 g/mol. The number of rotatable bonds is 5. The summed E-state index contributed by atoms with van der Waals surface area (Å²) in [5, 5.41) is 11.9. The number of thiol groups is 1. The summed E-state index contributed by atoms with van der Waals surface area (Å²) >= 11 is 4.38. The highest BCUT2D eigenvalue weighted by atomic mass is 32.1. The molecule has 1 unspecified atom stereocenters. The zero-order chi connectivity index (χ0) is 19.0. The zero-order valence-corrected chi connectivity index (χ0v) is 15.8. The Bertz CT molecular complexity index is 751. The van der Waals surface area contributed by atoms with Crippen molar-refractivity contribution in [3.8, 4) is 0 Å². The van der Waals surface area contributed by atoms with Gasteiger partial charge in [-0.15, -0.1) is 0 Å². The van der Waals surface area contributed by atoms with Gasteiger partial charge in [-0.1, -0.05) is 38.5 Å². The summed E-state index contributed by atoms with van der Waals surface area (Å²) in [5.41, 5.74) is 2.55. The summed E-state index contributed by atoms with van der Waals surface area (Å²) in [6.07, 6.45) is 2.17. The second-order valence-electron chi connectivity index (χ2n) is 7.12. The Morgan fingerprint density at radius 2 is 2.08 bits per heavy atom. The van der Waals surface area contributed by atoms with Crippen molar-refractivity contribution in [1.29, 1.82) is 0 Å². The molecule has 2 amide bonds. The third-order valence-corrected chi connectivity index (χ3v) is 6.20. The van der Waals surface area contributed by atoms with Crippen molar-refractivity contribution in [2.45, 2.75) is 56.9 Å². The Morgan fingerprint density at radius 3 is 2.73 bits per heavy atom. The maximum absolute atomic E-state index is 13.1. The first-order valence-corrected chi connectivity index (χ1v) is 9.51. The smallest absolute Gasteiger partial charge is 0.327 e. The van der Waals surface area contributed by atoms with E-state index in [9.17, 15) is 19.5 Å². The fourth-order valence-corrected chi connectivity index (χ4v) is 3.99. The van der Waals surface area contributed by atoms with Crippen molar-refractivity contribution >= 4 is 36.1 Å². The van der Waals surface area contributed by atoms with Crippen molar-refractivity contribution in [1.82, 2.24) is 5.32 Å². The molecule has 6 nitrogen and oxygen atoms in total. The van der Waals surface area contributed by atoms with Crippen LogP contribution in [0.2, 0.25) is 0 Å². The molecule has 0 spiro atoms. The minimum atomic E-state index is -1.03. The fraction of sp³-hybridized carbons (Fsp3) is 0.526. The zero-order valence-electron chi connectivity index (χ0n) is 14.9. The van der Waals surface area contributed by atoms with Gasteiger partial charge in [-0.2, -0.15) is 12.6 Å². The van der Waals surface area contributed by atoms with Gasteiger partial charge >= 0.3 is 5.97 Å². The average Bonchev–Trinajstić information content (AvgIpc) is 2.97. The molecule has 0 bridgehead atoms. The van der Waals surface area contributed by atoms with Crippen LogP contribution >= 0.6 is 12.6 Å². The standard InChI is InChI=1S/C19H24N2O4S/c1-3-10(2)16(26)17(22)20-13-8-7-11-5-4-6-12-9-14(19(24)25)21(15(11)12)18(13)23/h4-6,10,13-14,16,26H,3,7-9H2,1-2H3,(H,20,22)(H,24,25)/t10-,13?,14+,16+/m1/s1. The minimum absolute atomic E-state index is 0.0848. The van der Waals surface area contributed by atoms with Gasteiger partial charge in [0.1, 0.15) is 12.1 Å². The Kier molecular flexibility index (Phi) is 5.27. The van der Waals surface area contributed by atoms with E-state index >= 15 is 0 Å². The number of para-hydroxylation sites is 1. The predicted octanol–water partition coefficient (Wildman–Crippen LogP) is 1.80. The van der Waals surface area contributed by atoms with Crippen molar-refractivity contribution in [3.05, 3.63) is 29.3 Å². The molecule has 0 fully saturated rings. The number of nitrogens with zero attached hydrogens (tertiary/aromatic N) is 1. The van der Waals surface area contributed by atoms with Crippen LogP contribution < -0.4 is 10.2 Å². The second-order valence-corrected chi connectivity index (χ2v) is 7.68. The number of aryl methyl sites for hydroxylation is 1. The van der Waals surface area contributed by atoms with E-state index in [1.165, 1.54) is 4.90 Å². The summed E-state index contributed by atoms with van der Waals surface area (Å²) in [7, 11) is 0. The van der Waals surface area contributed by atoms with Crippen LogP contribution in [0.5, 0.6) is 0 Å². The molecule has 0 aromatic heterocycles. The van der Waals surface area contributed by atoms with Crippen LogP contribution in [0.25, 0.3) is 0 Å². The molecule has 4 atom stereocenters. The molecule has 2 aliphatic rings. The fourth-order valence-electron chi connectivity index (χ4n) is 3.70. The van der Waals surface area contributed by atoms with Gasteiger partial charge in [0, 0.05) is 6.42 Å². The largest absolute Gasteiger partial charge is 0.480 e. The summed E-state index contributed by atoms with van der Waals surface area (Å²) < 4.78 is 0. The molecule has 0 saturated heterocycles. The van der Waals surface area contributed by atoms with Crippen molar-refractivity contribution < 1.29 is 19.5 Å². The van der Waals surface area contributed by atoms with E-state index < -0.39 is 23.3 Å². The van der Waals surface area contributed by atoms with Crippen LogP contribution in [0.15, 0.2) is 18.2 Å². The monoisotopic (exact) mass is 376 g/mol. The topological polar surface area (TPSA) is 86.7 Å². The van der Waals surface area contributed by atoms with Crippen LogP contribution in [-0.2, 0) is 27.2 Å². The lowest BCUT2D eigenvalue weighted by molar-refractivity contribution is -0.140. The van der Waals surface area contributed by atoms with Crippen molar-refractivity contribution in [2.24, 2.45) is 5.92 Å². The molecule has 0 aliphatic carbocycles. The van der Waals surface area contributed by atoms with E-state index in [1.54, 1.807) is 0 Å². The van der Waals surface area contributed by atoms with Crippen LogP contribution in [-0.4, -0.2) is 40.2 Å². The molecule has 3 rings (SSSR count). The maximum atomic E-state index is 13.1. The highest BCUT2D eigenvalue weighted by molar-refractivity contribution is 7.81. The number of amides is 2. The highest BCUT2D eigenvalue weighted by Gasteiger charge is 2.44. The first-order valence-electron chi connectivity index (χ1n) is 9.00. The number of aliphatic carboxylic acids is 1. The quantitative estimate of drug-likeness (QED) is 0.684. The number of nitrogens with one attached hydrogen (secondary N) is 1. The van der Waals surface area contributed by atoms with E-state index in [1.807, 2.05) is 32.0 Å². The van der Waals surface area contributed by atoms with Gasteiger partial charge in [-0.25, -0.2) is 4.79 Å². The number of carboxylic acid groups (broad SMARTS) is 1. The van der Waals surface area contributed by atoms with Gasteiger partial charge in [0.2, 0.25) is 11.8 Å². The molecule has 2 aliphatic heterocycles. The van der Waals surface area contributed by atoms with Gasteiger partial charge in [-0.3, -0.25) is 14.5 Å². The van der Waals surface area contributed by atoms with Crippen LogP contribution in [0.4, 0.5) is 5.69 Å². The number of anilines is 1. The van der Waals surface area contributed by atoms with Crippen LogP contribution in [0.1, 0.15) is 37.8 Å². The van der Waals surface area contributed by atoms with Crippen LogP contribution in [0.3, 0.4) is 0 Å². The van der Waals surface area contributed by atoms with Gasteiger partial charge < -0.3 is 10.4 Å². The summed E-state index contributed by atoms with van der Waals surface area (Å²) in [4.78, 5) is 38.7. The number of carboxylic acids is 1. The third kappa shape index (κ3) is 3.20. The molecule has 140 valence electrons. The molecule has 1 aromatic carbocycles. The van der Waals surface area contributed by atoms with Crippen molar-refractivity contribution in [2.75, 3.05) is 4.90 Å². The van der Waals surface area contributed by atoms with E-state index in [0.29, 0.717) is 24.9 Å². The SMILES string of the molecule is CC[C@@H](C)[C@H](S)C(=O)NC1CCc2cccc3c2N(C1=O)[C@H](C(=O)O)C3. The Morgan fingerprint density at radius 1 is 1.38 bits per heavy atom. The maximum Gasteiger partial charge on any atom is 0.327 e. The first kappa shape index (κ1) is 18.8. The molecule has 26 heavy (non-hydrogen) atoms. The van der Waals surface area contributed by atoms with Gasteiger partial charge in [-0.05, 0) is 29.9 Å². The Hall–Kier alpha value is -2.02. The average molecular weight is 376 g/mol. The molecule has 7 heteroatoms. The molecular formula is C19H24N2O4S. The van der Waals surface area contributed by atoms with Gasteiger partial charge in [0.05, 0.1) is 10.9 Å². The third-order valence-electron chi connectivity index (χ3n) is 5.46. The number of carbonyl (C=O) groups excluding carboxylic acids is 2. The normalized spacial score (nSPS) is 23.8. The van der Waals surface area contributed by atoms with E-state index in [0.717, 1.165) is 17.5 Å². The minimum Gasteiger partial charge on any atom is -0.480 e. The van der Waals surface area contributed by atoms with E-state index in [2.05, 4.69) is 17.9 Å². The molecule has 0 saturated carbocycles. The number of hydrogen-bond acceptors (Lipinski definition) is 4. The van der Waals surface area contributed by atoms with Gasteiger partial charge in [0.25, 0.3) is 0 Å². The van der Waals surface area contributed by atoms with E-state index in [-0.39, 0.29) is 17.7 Å². The Labute approximate surface area is 158 Å². The highest BCUT2D eigenvalue weighted by Crippen LogP contribution is 2.39. The molecule has 2 N–H and O–H groups in total. The predicted molar refractivity (Wildman–Crippen MR) is 102 cm³/mol. The lowest BCUT2D eigenvalue weighted by atomic mass is 10.0. The second kappa shape index (κ2) is 7.31. The summed E-state index contributed by atoms with van der Waals surface area (Å²) in [6, 6.07) is 4.04. The van der Waals surface area contributed by atoms with Gasteiger partial charge in [0.15, 0.2) is 0 Å². The summed E-state index contributed by atoms with van der Waals surface area (Å²) in [6.45, 7) is 3.92. The lowest BCUT2D eigenvalue weighted by Gasteiger charge is -2.27. The van der Waals surface area contributed by atoms with E-state index in [4.69, 9.17) is 0 Å². The molecule has 1 aromatic rings. The number of hydrogen-bond donors (Lipinski definition) is 3. The van der Waals surface area contributed by atoms with Crippen molar-refractivity contribution in [3.63, 3.8) is 0 Å². The number of benzene rings is 1. The molecule has 2 heterocycles. The lowest BCUT2D eigenvalue weighted by Crippen LogP contribution is -2.53. The Balaban J connectivity index is 1.88. The number of carbonyl (C=O) groups is 3.